The lowest BCUT2D eigenvalue weighted by atomic mass is 9.94. The van der Waals surface area contributed by atoms with Gasteiger partial charge >= 0.3 is 0 Å². The van der Waals surface area contributed by atoms with E-state index in [0.717, 1.165) is 6.20 Å². The standard InChI is InChI=1S/C26H21Cl2F2N5O3S/c1-12-5-21(38-13(2)23-16(30)6-14(29)8-33-23)22(28)20(10-36)35(12)19-7-17(32-9-15(19)27)18-11-39-25(34-18)26(3,4)24(31)37/h5-9,11,13H,1-4H3,(H2,31,37). The van der Waals surface area contributed by atoms with Crippen LogP contribution in [0.25, 0.3) is 11.4 Å². The summed E-state index contributed by atoms with van der Waals surface area (Å²) in [5.74, 6) is -0.352. The molecule has 0 saturated heterocycles. The zero-order valence-electron chi connectivity index (χ0n) is 21.1. The van der Waals surface area contributed by atoms with Crippen LogP contribution >= 0.6 is 34.5 Å². The first-order valence-electron chi connectivity index (χ1n) is 11.4. The second-order valence-electron chi connectivity index (χ2n) is 9.08. The molecule has 3 aromatic rings. The maximum Gasteiger partial charge on any atom is 0.229 e. The Hall–Kier alpha value is -3.63. The molecule has 1 aliphatic heterocycles. The molecule has 1 aliphatic rings. The van der Waals surface area contributed by atoms with Crippen LogP contribution in [0.5, 0.6) is 0 Å². The predicted octanol–water partition coefficient (Wildman–Crippen LogP) is 5.96. The minimum atomic E-state index is -0.976. The van der Waals surface area contributed by atoms with Gasteiger partial charge in [-0.25, -0.2) is 18.6 Å². The van der Waals surface area contributed by atoms with Crippen molar-refractivity contribution in [3.63, 3.8) is 0 Å². The average molecular weight is 592 g/mol. The van der Waals surface area contributed by atoms with Crippen molar-refractivity contribution in [1.29, 1.82) is 0 Å². The maximum absolute atomic E-state index is 14.2. The van der Waals surface area contributed by atoms with Crippen molar-refractivity contribution in [2.75, 3.05) is 4.90 Å². The average Bonchev–Trinajstić information content (AvgIpc) is 3.37. The number of thiazole rings is 1. The third-order valence-corrected chi connectivity index (χ3v) is 7.78. The topological polar surface area (TPSA) is 111 Å². The van der Waals surface area contributed by atoms with Gasteiger partial charge in [0.1, 0.15) is 33.4 Å². The van der Waals surface area contributed by atoms with Gasteiger partial charge in [-0.3, -0.25) is 14.8 Å². The molecule has 202 valence electrons. The summed E-state index contributed by atoms with van der Waals surface area (Å²) in [7, 11) is 0. The summed E-state index contributed by atoms with van der Waals surface area (Å²) in [6.45, 7) is 6.54. The predicted molar refractivity (Wildman–Crippen MR) is 145 cm³/mol. The van der Waals surface area contributed by atoms with Crippen molar-refractivity contribution < 1.29 is 23.1 Å². The van der Waals surface area contributed by atoms with Crippen molar-refractivity contribution in [2.24, 2.45) is 5.73 Å². The van der Waals surface area contributed by atoms with Crippen molar-refractivity contribution in [1.82, 2.24) is 15.0 Å². The molecule has 0 fully saturated rings. The normalized spacial score (nSPS) is 14.7. The van der Waals surface area contributed by atoms with Crippen LogP contribution < -0.4 is 10.6 Å². The molecule has 1 amide bonds. The SMILES string of the molecule is CC1=CC(OC(C)c2ncc(F)cc2F)=C(Cl)C(=C=O)N1c1cc(-c2csc(C(C)(C)C(N)=O)n2)ncc1Cl. The molecule has 4 heterocycles. The molecule has 0 radical (unpaired) electrons. The van der Waals surface area contributed by atoms with Gasteiger partial charge in [0, 0.05) is 29.4 Å². The number of primary amides is 1. The lowest BCUT2D eigenvalue weighted by Crippen LogP contribution is -2.35. The number of halogens is 4. The molecule has 0 saturated carbocycles. The number of amides is 1. The summed E-state index contributed by atoms with van der Waals surface area (Å²) in [4.78, 5) is 38.1. The molecule has 1 unspecified atom stereocenters. The van der Waals surface area contributed by atoms with Gasteiger partial charge in [0.15, 0.2) is 17.5 Å². The fourth-order valence-electron chi connectivity index (χ4n) is 3.69. The van der Waals surface area contributed by atoms with E-state index in [9.17, 15) is 18.4 Å². The summed E-state index contributed by atoms with van der Waals surface area (Å²) >= 11 is 14.3. The van der Waals surface area contributed by atoms with Gasteiger partial charge in [0.2, 0.25) is 5.91 Å². The van der Waals surface area contributed by atoms with Crippen LogP contribution in [0.1, 0.15) is 44.5 Å². The first-order chi connectivity index (χ1) is 18.3. The Morgan fingerprint density at radius 1 is 1.21 bits per heavy atom. The first kappa shape index (κ1) is 28.4. The molecule has 0 aliphatic carbocycles. The number of carbonyl (C=O) groups excluding carboxylic acids is 2. The quantitative estimate of drug-likeness (QED) is 0.337. The van der Waals surface area contributed by atoms with Crippen molar-refractivity contribution in [3.8, 4) is 11.4 Å². The van der Waals surface area contributed by atoms with Crippen LogP contribution in [0.2, 0.25) is 5.02 Å². The fourth-order valence-corrected chi connectivity index (χ4v) is 5.04. The van der Waals surface area contributed by atoms with E-state index in [1.165, 1.54) is 35.4 Å². The van der Waals surface area contributed by atoms with Crippen LogP contribution in [-0.4, -0.2) is 26.8 Å². The molecule has 4 rings (SSSR count). The van der Waals surface area contributed by atoms with E-state index in [0.29, 0.717) is 33.8 Å². The number of pyridine rings is 2. The molecule has 8 nitrogen and oxygen atoms in total. The van der Waals surface area contributed by atoms with Crippen molar-refractivity contribution in [3.05, 3.63) is 85.5 Å². The van der Waals surface area contributed by atoms with Gasteiger partial charge < -0.3 is 15.4 Å². The van der Waals surface area contributed by atoms with E-state index in [1.807, 2.05) is 5.94 Å². The number of ether oxygens (including phenoxy) is 1. The highest BCUT2D eigenvalue weighted by Gasteiger charge is 2.32. The van der Waals surface area contributed by atoms with Crippen molar-refractivity contribution >= 4 is 52.1 Å². The largest absolute Gasteiger partial charge is 0.483 e. The monoisotopic (exact) mass is 591 g/mol. The molecule has 0 bridgehead atoms. The Kier molecular flexibility index (Phi) is 7.90. The number of aromatic nitrogens is 3. The van der Waals surface area contributed by atoms with Gasteiger partial charge in [0.05, 0.1) is 33.7 Å². The van der Waals surface area contributed by atoms with E-state index in [4.69, 9.17) is 33.7 Å². The number of anilines is 1. The Balaban J connectivity index is 1.69. The second kappa shape index (κ2) is 10.9. The van der Waals surface area contributed by atoms with Crippen LogP contribution in [0, 0.1) is 11.6 Å². The number of hydrogen-bond donors (Lipinski definition) is 1. The summed E-state index contributed by atoms with van der Waals surface area (Å²) in [6, 6.07) is 2.31. The van der Waals surface area contributed by atoms with Gasteiger partial charge in [-0.15, -0.1) is 11.3 Å². The molecule has 39 heavy (non-hydrogen) atoms. The van der Waals surface area contributed by atoms with Gasteiger partial charge in [-0.05, 0) is 33.8 Å². The lowest BCUT2D eigenvalue weighted by Gasteiger charge is -2.31. The molecule has 0 aromatic carbocycles. The first-order valence-corrected chi connectivity index (χ1v) is 13.0. The number of rotatable bonds is 7. The summed E-state index contributed by atoms with van der Waals surface area (Å²) in [5.41, 5.74) is 6.02. The Morgan fingerprint density at radius 3 is 2.56 bits per heavy atom. The Labute approximate surface area is 236 Å². The highest BCUT2D eigenvalue weighted by atomic mass is 35.5. The van der Waals surface area contributed by atoms with Gasteiger partial charge in [-0.2, -0.15) is 0 Å². The van der Waals surface area contributed by atoms with Gasteiger partial charge in [-0.1, -0.05) is 23.2 Å². The summed E-state index contributed by atoms with van der Waals surface area (Å²) in [5, 5.41) is 2.34. The molecular weight excluding hydrogens is 571 g/mol. The maximum atomic E-state index is 14.2. The number of nitrogens with two attached hydrogens (primary N) is 1. The second-order valence-corrected chi connectivity index (χ2v) is 10.7. The number of nitrogens with zero attached hydrogens (tertiary/aromatic N) is 4. The molecule has 1 atom stereocenters. The summed E-state index contributed by atoms with van der Waals surface area (Å²) < 4.78 is 33.3. The van der Waals surface area contributed by atoms with Crippen LogP contribution in [0.15, 0.2) is 58.2 Å². The van der Waals surface area contributed by atoms with Crippen LogP contribution in [-0.2, 0) is 19.7 Å². The molecule has 13 heteroatoms. The van der Waals surface area contributed by atoms with E-state index in [-0.39, 0.29) is 27.2 Å². The molecule has 2 N–H and O–H groups in total. The number of allylic oxidation sites excluding steroid dienone is 3. The highest BCUT2D eigenvalue weighted by Crippen LogP contribution is 2.41. The van der Waals surface area contributed by atoms with E-state index in [2.05, 4.69) is 15.0 Å². The fraction of sp³-hybridized carbons (Fsp3) is 0.231. The smallest absolute Gasteiger partial charge is 0.229 e. The number of carbonyl (C=O) groups is 1. The minimum Gasteiger partial charge on any atom is -0.483 e. The van der Waals surface area contributed by atoms with Gasteiger partial charge in [0.25, 0.3) is 0 Å². The Bertz CT molecular complexity index is 1600. The molecular formula is C26H21Cl2F2N5O3S. The third kappa shape index (κ3) is 5.44. The zero-order chi connectivity index (χ0) is 28.6. The lowest BCUT2D eigenvalue weighted by molar-refractivity contribution is -0.122. The highest BCUT2D eigenvalue weighted by molar-refractivity contribution is 7.10. The number of hydrogen-bond acceptors (Lipinski definition) is 8. The van der Waals surface area contributed by atoms with Crippen LogP contribution in [0.4, 0.5) is 14.5 Å². The van der Waals surface area contributed by atoms with Crippen LogP contribution in [0.3, 0.4) is 0 Å². The Morgan fingerprint density at radius 2 is 1.92 bits per heavy atom. The van der Waals surface area contributed by atoms with Crippen molar-refractivity contribution in [2.45, 2.75) is 39.2 Å². The molecule has 0 spiro atoms. The molecule has 3 aromatic heterocycles. The van der Waals surface area contributed by atoms with E-state index in [1.54, 1.807) is 32.2 Å². The summed E-state index contributed by atoms with van der Waals surface area (Å²) in [6.07, 6.45) is 2.85. The third-order valence-electron chi connectivity index (χ3n) is 5.96. The minimum absolute atomic E-state index is 0.0602. The zero-order valence-corrected chi connectivity index (χ0v) is 23.4. The van der Waals surface area contributed by atoms with E-state index < -0.39 is 29.1 Å². The van der Waals surface area contributed by atoms with E-state index >= 15 is 0 Å².